The Balaban J connectivity index is 4.31. The molecule has 0 radical (unpaired) electrons. The van der Waals surface area contributed by atoms with Crippen molar-refractivity contribution in [1.29, 1.82) is 0 Å². The van der Waals surface area contributed by atoms with Gasteiger partial charge in [0.2, 0.25) is 0 Å². The van der Waals surface area contributed by atoms with E-state index in [0.29, 0.717) is 0 Å². The number of aliphatic hydroxyl groups is 2. The lowest BCUT2D eigenvalue weighted by molar-refractivity contribution is -0.226. The Bertz CT molecular complexity index is 239. The van der Waals surface area contributed by atoms with Gasteiger partial charge in [0.1, 0.15) is 0 Å². The Morgan fingerprint density at radius 3 is 2.27 bits per heavy atom. The summed E-state index contributed by atoms with van der Waals surface area (Å²) in [5.74, 6) is -5.52. The van der Waals surface area contributed by atoms with Gasteiger partial charge in [-0.1, -0.05) is 0 Å². The van der Waals surface area contributed by atoms with Gasteiger partial charge in [-0.2, -0.15) is 0 Å². The molecular weight excluding hydrogens is 208 g/mol. The molecule has 2 atom stereocenters. The molecule has 0 fully saturated rings. The summed E-state index contributed by atoms with van der Waals surface area (Å²) in [4.78, 5) is 20.8. The maximum atomic E-state index is 10.6. The van der Waals surface area contributed by atoms with Crippen LogP contribution < -0.4 is 0 Å². The molecule has 0 heterocycles. The van der Waals surface area contributed by atoms with E-state index < -0.39 is 36.7 Å². The molecule has 0 aromatic heterocycles. The van der Waals surface area contributed by atoms with E-state index in [-0.39, 0.29) is 6.61 Å². The van der Waals surface area contributed by atoms with Crippen molar-refractivity contribution in [2.24, 2.45) is 0 Å². The van der Waals surface area contributed by atoms with Gasteiger partial charge in [0.15, 0.2) is 6.10 Å². The van der Waals surface area contributed by atoms with E-state index in [0.717, 1.165) is 0 Å². The largest absolute Gasteiger partial charge is 0.479 e. The fraction of sp³-hybridized carbons (Fsp3) is 0.750. The summed E-state index contributed by atoms with van der Waals surface area (Å²) in [6.45, 7) is 1.45. The van der Waals surface area contributed by atoms with Gasteiger partial charge in [-0.05, 0) is 13.3 Å². The number of rotatable bonds is 7. The van der Waals surface area contributed by atoms with Crippen LogP contribution in [0.25, 0.3) is 0 Å². The average Bonchev–Trinajstić information content (AvgIpc) is 2.14. The van der Waals surface area contributed by atoms with Crippen LogP contribution in [0.4, 0.5) is 0 Å². The van der Waals surface area contributed by atoms with Crippen LogP contribution in [0.2, 0.25) is 0 Å². The van der Waals surface area contributed by atoms with Crippen molar-refractivity contribution < 1.29 is 34.8 Å². The predicted octanol–water partition coefficient (Wildman–Crippen LogP) is -0.978. The van der Waals surface area contributed by atoms with E-state index in [1.54, 1.807) is 0 Å². The second-order valence-corrected chi connectivity index (χ2v) is 2.92. The van der Waals surface area contributed by atoms with Crippen LogP contribution in [-0.2, 0) is 14.3 Å². The molecule has 0 spiro atoms. The summed E-state index contributed by atoms with van der Waals surface area (Å²) in [6.07, 6.45) is -2.61. The van der Waals surface area contributed by atoms with Gasteiger partial charge in [0, 0.05) is 13.0 Å². The predicted molar refractivity (Wildman–Crippen MR) is 47.1 cm³/mol. The summed E-state index contributed by atoms with van der Waals surface area (Å²) < 4.78 is 4.57. The first-order valence-electron chi connectivity index (χ1n) is 4.34. The minimum absolute atomic E-state index is 0.0357. The summed E-state index contributed by atoms with van der Waals surface area (Å²) in [6, 6.07) is 0. The lowest BCUT2D eigenvalue weighted by Crippen LogP contribution is -2.42. The van der Waals surface area contributed by atoms with Crippen LogP contribution in [0.15, 0.2) is 0 Å². The van der Waals surface area contributed by atoms with Crippen molar-refractivity contribution in [2.75, 3.05) is 6.61 Å². The van der Waals surface area contributed by atoms with Crippen molar-refractivity contribution in [3.63, 3.8) is 0 Å². The smallest absolute Gasteiger partial charge is 0.364 e. The second-order valence-electron chi connectivity index (χ2n) is 2.92. The molecule has 0 aliphatic rings. The van der Waals surface area contributed by atoms with Gasteiger partial charge in [-0.3, -0.25) is 0 Å². The van der Waals surface area contributed by atoms with Crippen LogP contribution in [0.3, 0.4) is 0 Å². The first-order chi connectivity index (χ1) is 6.83. The molecule has 0 amide bonds. The molecule has 0 bridgehead atoms. The van der Waals surface area contributed by atoms with E-state index in [4.69, 9.17) is 15.3 Å². The quantitative estimate of drug-likeness (QED) is 0.408. The van der Waals surface area contributed by atoms with Crippen molar-refractivity contribution in [2.45, 2.75) is 31.7 Å². The van der Waals surface area contributed by atoms with E-state index in [1.807, 2.05) is 0 Å². The molecular formula is C8H14O7. The van der Waals surface area contributed by atoms with Gasteiger partial charge in [0.05, 0.1) is 0 Å². The van der Waals surface area contributed by atoms with Crippen LogP contribution in [0, 0.1) is 0 Å². The highest BCUT2D eigenvalue weighted by atomic mass is 16.6. The monoisotopic (exact) mass is 222 g/mol. The number of ether oxygens (including phenoxy) is 1. The summed E-state index contributed by atoms with van der Waals surface area (Å²) in [5.41, 5.74) is 0. The van der Waals surface area contributed by atoms with E-state index in [9.17, 15) is 14.7 Å². The number of aliphatic hydroxyl groups excluding tert-OH is 1. The van der Waals surface area contributed by atoms with Crippen LogP contribution in [0.5, 0.6) is 0 Å². The zero-order valence-electron chi connectivity index (χ0n) is 8.21. The number of carbonyl (C=O) groups is 2. The highest BCUT2D eigenvalue weighted by Crippen LogP contribution is 2.16. The standard InChI is InChI=1S/C8H14O7/c1-2-15-8(14,7(12)13)4-3-5(9)6(10)11/h5,9,14H,2-4H2,1H3,(H,10,11)(H,12,13). The number of hydrogen-bond donors (Lipinski definition) is 4. The maximum Gasteiger partial charge on any atom is 0.364 e. The molecule has 88 valence electrons. The van der Waals surface area contributed by atoms with Crippen LogP contribution >= 0.6 is 0 Å². The maximum absolute atomic E-state index is 10.6. The van der Waals surface area contributed by atoms with Crippen molar-refractivity contribution in [3.8, 4) is 0 Å². The van der Waals surface area contributed by atoms with E-state index in [2.05, 4.69) is 4.74 Å². The molecule has 0 saturated heterocycles. The third-order valence-electron chi connectivity index (χ3n) is 1.76. The van der Waals surface area contributed by atoms with Crippen molar-refractivity contribution >= 4 is 11.9 Å². The molecule has 7 heteroatoms. The Kier molecular flexibility index (Phi) is 5.20. The normalized spacial score (nSPS) is 16.7. The number of carboxylic acids is 2. The highest BCUT2D eigenvalue weighted by molar-refractivity contribution is 5.75. The molecule has 7 nitrogen and oxygen atoms in total. The molecule has 0 aliphatic heterocycles. The minimum atomic E-state index is -2.44. The Labute approximate surface area is 85.9 Å². The van der Waals surface area contributed by atoms with Gasteiger partial charge in [-0.15, -0.1) is 0 Å². The summed E-state index contributed by atoms with van der Waals surface area (Å²) in [7, 11) is 0. The van der Waals surface area contributed by atoms with Crippen molar-refractivity contribution in [1.82, 2.24) is 0 Å². The zero-order chi connectivity index (χ0) is 12.1. The number of carboxylic acid groups (broad SMARTS) is 2. The lowest BCUT2D eigenvalue weighted by Gasteiger charge is -2.23. The first kappa shape index (κ1) is 13.8. The first-order valence-corrected chi connectivity index (χ1v) is 4.34. The summed E-state index contributed by atoms with van der Waals surface area (Å²) >= 11 is 0. The summed E-state index contributed by atoms with van der Waals surface area (Å²) in [5, 5.41) is 35.2. The minimum Gasteiger partial charge on any atom is -0.479 e. The average molecular weight is 222 g/mol. The SMILES string of the molecule is CCOC(O)(CCC(O)C(=O)O)C(=O)O. The Hall–Kier alpha value is -1.18. The molecule has 0 saturated carbocycles. The fourth-order valence-corrected chi connectivity index (χ4v) is 0.935. The van der Waals surface area contributed by atoms with Gasteiger partial charge < -0.3 is 25.2 Å². The topological polar surface area (TPSA) is 124 Å². The Morgan fingerprint density at radius 2 is 1.93 bits per heavy atom. The van der Waals surface area contributed by atoms with Gasteiger partial charge >= 0.3 is 11.9 Å². The second kappa shape index (κ2) is 5.64. The van der Waals surface area contributed by atoms with Gasteiger partial charge in [0.25, 0.3) is 5.79 Å². The molecule has 0 aromatic carbocycles. The molecule has 0 rings (SSSR count). The zero-order valence-corrected chi connectivity index (χ0v) is 8.21. The third-order valence-corrected chi connectivity index (χ3v) is 1.76. The number of aliphatic carboxylic acids is 2. The van der Waals surface area contributed by atoms with Crippen LogP contribution in [-0.4, -0.2) is 50.9 Å². The third kappa shape index (κ3) is 4.24. The lowest BCUT2D eigenvalue weighted by atomic mass is 10.1. The molecule has 0 aromatic rings. The molecule has 0 aliphatic carbocycles. The van der Waals surface area contributed by atoms with Gasteiger partial charge in [-0.25, -0.2) is 9.59 Å². The number of hydrogen-bond acceptors (Lipinski definition) is 5. The molecule has 15 heavy (non-hydrogen) atoms. The van der Waals surface area contributed by atoms with E-state index in [1.165, 1.54) is 6.92 Å². The Morgan fingerprint density at radius 1 is 1.40 bits per heavy atom. The fourth-order valence-electron chi connectivity index (χ4n) is 0.935. The van der Waals surface area contributed by atoms with E-state index >= 15 is 0 Å². The van der Waals surface area contributed by atoms with Crippen molar-refractivity contribution in [3.05, 3.63) is 0 Å². The molecule has 2 unspecified atom stereocenters. The van der Waals surface area contributed by atoms with Crippen LogP contribution in [0.1, 0.15) is 19.8 Å². The molecule has 4 N–H and O–H groups in total. The highest BCUT2D eigenvalue weighted by Gasteiger charge is 2.37.